The van der Waals surface area contributed by atoms with E-state index in [4.69, 9.17) is 4.98 Å². The highest BCUT2D eigenvalue weighted by Crippen LogP contribution is 2.39. The fraction of sp³-hybridized carbons (Fsp3) is 0.727. The van der Waals surface area contributed by atoms with Crippen LogP contribution in [0.25, 0.3) is 0 Å². The molecule has 1 saturated heterocycles. The molecule has 0 spiro atoms. The molecular weight excluding hydrogens is 256 g/mol. The highest BCUT2D eigenvalue weighted by Gasteiger charge is 2.20. The predicted octanol–water partition coefficient (Wildman–Crippen LogP) is 3.08. The molecule has 2 rings (SSSR count). The van der Waals surface area contributed by atoms with Crippen LogP contribution < -0.4 is 5.32 Å². The summed E-state index contributed by atoms with van der Waals surface area (Å²) in [6.07, 6.45) is 0. The third-order valence-corrected chi connectivity index (χ3v) is 6.72. The van der Waals surface area contributed by atoms with Crippen LogP contribution in [-0.2, 0) is 6.54 Å². The third-order valence-electron chi connectivity index (χ3n) is 2.54. The SMILES string of the molecule is CCNCc1sc(C2CSCCS2)nc1C. The molecule has 1 aliphatic heterocycles. The van der Waals surface area contributed by atoms with Gasteiger partial charge in [-0.05, 0) is 13.5 Å². The number of nitrogens with one attached hydrogen (secondary N) is 1. The Hall–Kier alpha value is 0.290. The molecule has 1 aromatic rings. The van der Waals surface area contributed by atoms with Crippen molar-refractivity contribution in [1.82, 2.24) is 10.3 Å². The van der Waals surface area contributed by atoms with Crippen LogP contribution in [0.2, 0.25) is 0 Å². The molecule has 1 fully saturated rings. The van der Waals surface area contributed by atoms with Gasteiger partial charge < -0.3 is 5.32 Å². The molecule has 1 unspecified atom stereocenters. The van der Waals surface area contributed by atoms with Gasteiger partial charge >= 0.3 is 0 Å². The van der Waals surface area contributed by atoms with Crippen LogP contribution in [0.4, 0.5) is 0 Å². The molecular formula is C11H18N2S3. The molecule has 0 aliphatic carbocycles. The predicted molar refractivity (Wildman–Crippen MR) is 76.8 cm³/mol. The molecule has 0 radical (unpaired) electrons. The third kappa shape index (κ3) is 3.15. The summed E-state index contributed by atoms with van der Waals surface area (Å²) < 4.78 is 0. The van der Waals surface area contributed by atoms with Gasteiger partial charge in [0.1, 0.15) is 5.01 Å². The number of hydrogen-bond acceptors (Lipinski definition) is 5. The van der Waals surface area contributed by atoms with E-state index < -0.39 is 0 Å². The van der Waals surface area contributed by atoms with Gasteiger partial charge in [-0.3, -0.25) is 0 Å². The van der Waals surface area contributed by atoms with Crippen LogP contribution in [0.3, 0.4) is 0 Å². The van der Waals surface area contributed by atoms with Crippen molar-refractivity contribution in [2.75, 3.05) is 23.8 Å². The van der Waals surface area contributed by atoms with Gasteiger partial charge in [0.25, 0.3) is 0 Å². The minimum atomic E-state index is 0.637. The summed E-state index contributed by atoms with van der Waals surface area (Å²) in [5.74, 6) is 3.81. The van der Waals surface area contributed by atoms with Crippen LogP contribution >= 0.6 is 34.9 Å². The Morgan fingerprint density at radius 1 is 1.44 bits per heavy atom. The maximum atomic E-state index is 4.73. The van der Waals surface area contributed by atoms with Crippen molar-refractivity contribution in [2.24, 2.45) is 0 Å². The van der Waals surface area contributed by atoms with Crippen LogP contribution in [0.15, 0.2) is 0 Å². The van der Waals surface area contributed by atoms with Crippen molar-refractivity contribution in [1.29, 1.82) is 0 Å². The van der Waals surface area contributed by atoms with Crippen molar-refractivity contribution < 1.29 is 0 Å². The van der Waals surface area contributed by atoms with E-state index in [2.05, 4.69) is 42.7 Å². The van der Waals surface area contributed by atoms with Gasteiger partial charge in [-0.15, -0.1) is 23.1 Å². The lowest BCUT2D eigenvalue weighted by Crippen LogP contribution is -2.11. The summed E-state index contributed by atoms with van der Waals surface area (Å²) in [7, 11) is 0. The first-order chi connectivity index (χ1) is 7.81. The molecule has 0 amide bonds. The largest absolute Gasteiger partial charge is 0.312 e. The zero-order valence-corrected chi connectivity index (χ0v) is 12.2. The van der Waals surface area contributed by atoms with Gasteiger partial charge in [-0.2, -0.15) is 11.8 Å². The van der Waals surface area contributed by atoms with Gasteiger partial charge in [0, 0.05) is 28.7 Å². The minimum Gasteiger partial charge on any atom is -0.312 e. The molecule has 0 saturated carbocycles. The molecule has 90 valence electrons. The maximum absolute atomic E-state index is 4.73. The molecule has 2 heterocycles. The standard InChI is InChI=1S/C11H18N2S3/c1-3-12-6-9-8(2)13-11(16-9)10-7-14-4-5-15-10/h10,12H,3-7H2,1-2H3. The number of thiazole rings is 1. The smallest absolute Gasteiger partial charge is 0.107 e. The summed E-state index contributed by atoms with van der Waals surface area (Å²) in [5.41, 5.74) is 1.22. The topological polar surface area (TPSA) is 24.9 Å². The Morgan fingerprint density at radius 3 is 3.00 bits per heavy atom. The number of thioether (sulfide) groups is 2. The van der Waals surface area contributed by atoms with Crippen LogP contribution in [0.1, 0.15) is 27.8 Å². The van der Waals surface area contributed by atoms with E-state index in [1.807, 2.05) is 11.3 Å². The van der Waals surface area contributed by atoms with Crippen LogP contribution in [0.5, 0.6) is 0 Å². The molecule has 0 bridgehead atoms. The lowest BCUT2D eigenvalue weighted by atomic mass is 10.4. The van der Waals surface area contributed by atoms with E-state index in [1.54, 1.807) is 0 Å². The van der Waals surface area contributed by atoms with E-state index in [1.165, 1.54) is 32.8 Å². The molecule has 0 aromatic carbocycles. The second kappa shape index (κ2) is 6.28. The fourth-order valence-electron chi connectivity index (χ4n) is 1.62. The molecule has 1 aliphatic rings. The maximum Gasteiger partial charge on any atom is 0.107 e. The van der Waals surface area contributed by atoms with Crippen molar-refractivity contribution in [2.45, 2.75) is 25.6 Å². The first-order valence-electron chi connectivity index (χ1n) is 5.67. The number of aryl methyl sites for hydroxylation is 1. The number of aromatic nitrogens is 1. The Labute approximate surface area is 110 Å². The molecule has 2 nitrogen and oxygen atoms in total. The summed E-state index contributed by atoms with van der Waals surface area (Å²) in [6, 6.07) is 0. The molecule has 5 heteroatoms. The highest BCUT2D eigenvalue weighted by atomic mass is 32.2. The van der Waals surface area contributed by atoms with E-state index in [9.17, 15) is 0 Å². The molecule has 1 atom stereocenters. The monoisotopic (exact) mass is 274 g/mol. The van der Waals surface area contributed by atoms with Crippen LogP contribution in [0, 0.1) is 6.92 Å². The summed E-state index contributed by atoms with van der Waals surface area (Å²) in [6.45, 7) is 6.28. The van der Waals surface area contributed by atoms with Crippen molar-refractivity contribution in [3.63, 3.8) is 0 Å². The normalized spacial score (nSPS) is 21.2. The second-order valence-electron chi connectivity index (χ2n) is 3.78. The van der Waals surface area contributed by atoms with Gasteiger partial charge in [0.2, 0.25) is 0 Å². The van der Waals surface area contributed by atoms with E-state index >= 15 is 0 Å². The zero-order chi connectivity index (χ0) is 11.4. The summed E-state index contributed by atoms with van der Waals surface area (Å²) in [4.78, 5) is 6.14. The van der Waals surface area contributed by atoms with Gasteiger partial charge in [-0.1, -0.05) is 6.92 Å². The Bertz CT molecular complexity index is 332. The van der Waals surface area contributed by atoms with Gasteiger partial charge in [0.05, 0.1) is 10.9 Å². The molecule has 16 heavy (non-hydrogen) atoms. The van der Waals surface area contributed by atoms with Gasteiger partial charge in [-0.25, -0.2) is 4.98 Å². The average molecular weight is 274 g/mol. The highest BCUT2D eigenvalue weighted by molar-refractivity contribution is 8.06. The number of hydrogen-bond donors (Lipinski definition) is 1. The lowest BCUT2D eigenvalue weighted by Gasteiger charge is -2.18. The second-order valence-corrected chi connectivity index (χ2v) is 7.35. The summed E-state index contributed by atoms with van der Waals surface area (Å²) >= 11 is 6.03. The zero-order valence-electron chi connectivity index (χ0n) is 9.78. The molecule has 1 N–H and O–H groups in total. The first kappa shape index (κ1) is 12.7. The average Bonchev–Trinajstić information content (AvgIpc) is 2.69. The van der Waals surface area contributed by atoms with Crippen LogP contribution in [-0.4, -0.2) is 28.8 Å². The van der Waals surface area contributed by atoms with Crippen molar-refractivity contribution in [3.05, 3.63) is 15.6 Å². The number of rotatable bonds is 4. The minimum absolute atomic E-state index is 0.637. The quantitative estimate of drug-likeness (QED) is 0.912. The summed E-state index contributed by atoms with van der Waals surface area (Å²) in [5, 5.41) is 5.35. The van der Waals surface area contributed by atoms with E-state index in [0.29, 0.717) is 5.25 Å². The van der Waals surface area contributed by atoms with Crippen molar-refractivity contribution in [3.8, 4) is 0 Å². The lowest BCUT2D eigenvalue weighted by molar-refractivity contribution is 0.731. The van der Waals surface area contributed by atoms with Gasteiger partial charge in [0.15, 0.2) is 0 Å². The van der Waals surface area contributed by atoms with E-state index in [-0.39, 0.29) is 0 Å². The Kier molecular flexibility index (Phi) is 5.00. The number of nitrogens with zero attached hydrogens (tertiary/aromatic N) is 1. The Morgan fingerprint density at radius 2 is 2.31 bits per heavy atom. The Balaban J connectivity index is 2.03. The fourth-order valence-corrected chi connectivity index (χ4v) is 5.64. The first-order valence-corrected chi connectivity index (χ1v) is 8.69. The van der Waals surface area contributed by atoms with E-state index in [0.717, 1.165) is 13.1 Å². The van der Waals surface area contributed by atoms with Crippen molar-refractivity contribution >= 4 is 34.9 Å². The molecule has 1 aromatic heterocycles.